The van der Waals surface area contributed by atoms with Gasteiger partial charge in [-0.15, -0.1) is 0 Å². The van der Waals surface area contributed by atoms with Crippen LogP contribution in [0.5, 0.6) is 0 Å². The topological polar surface area (TPSA) is 72.8 Å². The Bertz CT molecular complexity index is 895. The molecule has 0 fully saturated rings. The zero-order chi connectivity index (χ0) is 18.9. The van der Waals surface area contributed by atoms with E-state index in [9.17, 15) is 13.6 Å². The summed E-state index contributed by atoms with van der Waals surface area (Å²) in [5, 5.41) is 8.85. The van der Waals surface area contributed by atoms with Crippen molar-refractivity contribution in [3.63, 3.8) is 0 Å². The molecule has 25 heavy (non-hydrogen) atoms. The summed E-state index contributed by atoms with van der Waals surface area (Å²) in [4.78, 5) is 21.0. The third-order valence-electron chi connectivity index (χ3n) is 4.07. The summed E-state index contributed by atoms with van der Waals surface area (Å²) in [6.45, 7) is 5.61. The number of nitrogens with zero attached hydrogens (tertiary/aromatic N) is 3. The van der Waals surface area contributed by atoms with Crippen LogP contribution in [0.1, 0.15) is 37.6 Å². The average molecular weight is 411 g/mol. The molecule has 8 heteroatoms. The molecule has 0 atom stereocenters. The highest BCUT2D eigenvalue weighted by molar-refractivity contribution is 9.10. The molecule has 0 radical (unpaired) electrons. The highest BCUT2D eigenvalue weighted by Gasteiger charge is 2.35. The normalized spacial score (nSPS) is 11.3. The number of rotatable bonds is 4. The molecular weight excluding hydrogens is 394 g/mol. The van der Waals surface area contributed by atoms with Gasteiger partial charge in [0.15, 0.2) is 0 Å². The molecule has 0 aliphatic heterocycles. The summed E-state index contributed by atoms with van der Waals surface area (Å²) in [7, 11) is 1.74. The lowest BCUT2D eigenvalue weighted by molar-refractivity contribution is 0.486. The Balaban J connectivity index is 2.75. The maximum atomic E-state index is 14.5. The zero-order valence-corrected chi connectivity index (χ0v) is 15.8. The molecule has 1 aromatic carbocycles. The van der Waals surface area contributed by atoms with E-state index >= 15 is 0 Å². The molecule has 2 rings (SSSR count). The summed E-state index contributed by atoms with van der Waals surface area (Å²) < 4.78 is 29.1. The van der Waals surface area contributed by atoms with Gasteiger partial charge in [-0.1, -0.05) is 0 Å². The summed E-state index contributed by atoms with van der Waals surface area (Å²) >= 11 is 3.17. The number of H-pyrrole nitrogens is 1. The van der Waals surface area contributed by atoms with Crippen molar-refractivity contribution in [1.82, 2.24) is 9.97 Å². The number of halogens is 3. The molecule has 0 saturated carbocycles. The van der Waals surface area contributed by atoms with Crippen molar-refractivity contribution < 1.29 is 8.78 Å². The maximum Gasteiger partial charge on any atom is 0.266 e. The number of hydrogen-bond acceptors (Lipinski definition) is 4. The van der Waals surface area contributed by atoms with Crippen molar-refractivity contribution in [2.24, 2.45) is 0 Å². The molecule has 1 N–H and O–H groups in total. The predicted molar refractivity (Wildman–Crippen MR) is 94.7 cm³/mol. The van der Waals surface area contributed by atoms with Crippen LogP contribution in [-0.4, -0.2) is 23.6 Å². The number of hydrogen-bond donors (Lipinski definition) is 1. The Morgan fingerprint density at radius 3 is 2.40 bits per heavy atom. The molecule has 0 spiro atoms. The lowest BCUT2D eigenvalue weighted by atomic mass is 9.80. The molecule has 132 valence electrons. The zero-order valence-electron chi connectivity index (χ0n) is 14.2. The van der Waals surface area contributed by atoms with Crippen molar-refractivity contribution in [3.05, 3.63) is 55.4 Å². The van der Waals surface area contributed by atoms with Crippen LogP contribution >= 0.6 is 15.9 Å². The van der Waals surface area contributed by atoms with Gasteiger partial charge in [0.25, 0.3) is 5.56 Å². The molecule has 0 aliphatic carbocycles. The molecule has 1 aromatic heterocycles. The number of nitriles is 1. The Labute approximate surface area is 152 Å². The Hall–Kier alpha value is -2.27. The van der Waals surface area contributed by atoms with Crippen molar-refractivity contribution in [3.8, 4) is 6.07 Å². The fourth-order valence-corrected chi connectivity index (χ4v) is 3.23. The highest BCUT2D eigenvalue weighted by Crippen LogP contribution is 2.37. The number of anilines is 1. The summed E-state index contributed by atoms with van der Waals surface area (Å²) in [5.41, 5.74) is -1.86. The van der Waals surface area contributed by atoms with Crippen LogP contribution < -0.4 is 10.5 Å². The van der Waals surface area contributed by atoms with Crippen LogP contribution in [0.4, 0.5) is 14.7 Å². The fourth-order valence-electron chi connectivity index (χ4n) is 2.54. The van der Waals surface area contributed by atoms with Gasteiger partial charge in [0.1, 0.15) is 16.1 Å². The first kappa shape index (κ1) is 19.1. The molecule has 1 heterocycles. The number of aromatic amines is 1. The summed E-state index contributed by atoms with van der Waals surface area (Å²) in [6, 6.07) is 3.66. The molecule has 0 saturated heterocycles. The van der Waals surface area contributed by atoms with Gasteiger partial charge in [0.05, 0.1) is 17.3 Å². The van der Waals surface area contributed by atoms with E-state index in [2.05, 4.69) is 25.9 Å². The molecule has 0 aliphatic rings. The Morgan fingerprint density at radius 2 is 1.92 bits per heavy atom. The second-order valence-corrected chi connectivity index (χ2v) is 6.91. The van der Waals surface area contributed by atoms with E-state index in [0.717, 1.165) is 12.1 Å². The van der Waals surface area contributed by atoms with Gasteiger partial charge in [-0.3, -0.25) is 9.78 Å². The first-order valence-electron chi connectivity index (χ1n) is 7.54. The van der Waals surface area contributed by atoms with E-state index in [-0.39, 0.29) is 21.3 Å². The van der Waals surface area contributed by atoms with Gasteiger partial charge in [-0.2, -0.15) is 5.26 Å². The van der Waals surface area contributed by atoms with E-state index in [1.807, 2.05) is 6.92 Å². The van der Waals surface area contributed by atoms with Gasteiger partial charge >= 0.3 is 0 Å². The van der Waals surface area contributed by atoms with E-state index in [1.54, 1.807) is 31.9 Å². The molecular formula is C17H17BrF2N4O. The first-order chi connectivity index (χ1) is 11.6. The van der Waals surface area contributed by atoms with Crippen molar-refractivity contribution in [1.29, 1.82) is 5.26 Å². The van der Waals surface area contributed by atoms with E-state index < -0.39 is 22.6 Å². The van der Waals surface area contributed by atoms with E-state index in [0.29, 0.717) is 12.5 Å². The van der Waals surface area contributed by atoms with Crippen molar-refractivity contribution in [2.45, 2.75) is 26.2 Å². The average Bonchev–Trinajstić information content (AvgIpc) is 2.55. The lowest BCUT2D eigenvalue weighted by Crippen LogP contribution is -2.31. The fraction of sp³-hybridized carbons (Fsp3) is 0.353. The second kappa shape index (κ2) is 6.92. The van der Waals surface area contributed by atoms with Crippen LogP contribution in [0.15, 0.2) is 21.4 Å². The smallest absolute Gasteiger partial charge is 0.266 e. The maximum absolute atomic E-state index is 14.5. The van der Waals surface area contributed by atoms with Crippen LogP contribution in [0, 0.1) is 23.0 Å². The van der Waals surface area contributed by atoms with Gasteiger partial charge in [-0.05, 0) is 48.8 Å². The third-order valence-corrected chi connectivity index (χ3v) is 4.81. The van der Waals surface area contributed by atoms with E-state index in [4.69, 9.17) is 5.26 Å². The predicted octanol–water partition coefficient (Wildman–Crippen LogP) is 3.46. The third kappa shape index (κ3) is 3.42. The Morgan fingerprint density at radius 1 is 1.36 bits per heavy atom. The van der Waals surface area contributed by atoms with E-state index in [1.165, 1.54) is 0 Å². The van der Waals surface area contributed by atoms with Gasteiger partial charge in [0.2, 0.25) is 5.95 Å². The SMILES string of the molecule is CCN(C)c1nc(C(C)(C)c2c(F)cc(C#N)cc2F)c(Br)c(=O)[nH]1. The number of nitrogens with one attached hydrogen (secondary N) is 1. The highest BCUT2D eigenvalue weighted by atomic mass is 79.9. The van der Waals surface area contributed by atoms with Gasteiger partial charge in [-0.25, -0.2) is 13.8 Å². The van der Waals surface area contributed by atoms with Crippen molar-refractivity contribution in [2.75, 3.05) is 18.5 Å². The quantitative estimate of drug-likeness (QED) is 0.837. The van der Waals surface area contributed by atoms with Crippen LogP contribution in [-0.2, 0) is 5.41 Å². The van der Waals surface area contributed by atoms with Crippen LogP contribution in [0.3, 0.4) is 0 Å². The monoisotopic (exact) mass is 410 g/mol. The second-order valence-electron chi connectivity index (χ2n) is 6.12. The van der Waals surface area contributed by atoms with Crippen molar-refractivity contribution >= 4 is 21.9 Å². The molecule has 0 unspecified atom stereocenters. The van der Waals surface area contributed by atoms with Crippen LogP contribution in [0.2, 0.25) is 0 Å². The molecule has 0 bridgehead atoms. The number of benzene rings is 1. The largest absolute Gasteiger partial charge is 0.346 e. The van der Waals surface area contributed by atoms with Gasteiger partial charge < -0.3 is 4.90 Å². The van der Waals surface area contributed by atoms with Crippen LogP contribution in [0.25, 0.3) is 0 Å². The summed E-state index contributed by atoms with van der Waals surface area (Å²) in [5.74, 6) is -1.42. The molecule has 0 amide bonds. The Kier molecular flexibility index (Phi) is 5.28. The lowest BCUT2D eigenvalue weighted by Gasteiger charge is -2.28. The molecule has 2 aromatic rings. The minimum Gasteiger partial charge on any atom is -0.346 e. The number of aromatic nitrogens is 2. The van der Waals surface area contributed by atoms with Gasteiger partial charge in [0, 0.05) is 24.6 Å². The standard InChI is InChI=1S/C17H17BrF2N4O/c1-5-24(4)16-22-14(13(18)15(25)23-16)17(2,3)12-10(19)6-9(8-21)7-11(12)20/h6-7H,5H2,1-4H3,(H,22,23,25). The first-order valence-corrected chi connectivity index (χ1v) is 8.33. The summed E-state index contributed by atoms with van der Waals surface area (Å²) in [6.07, 6.45) is 0. The molecule has 5 nitrogen and oxygen atoms in total. The minimum absolute atomic E-state index is 0.105. The minimum atomic E-state index is -1.25.